The molecule has 2 aromatic carbocycles. The van der Waals surface area contributed by atoms with Gasteiger partial charge in [-0.05, 0) is 37.5 Å². The molecular formula is C21H28N2O3S. The lowest BCUT2D eigenvalue weighted by Crippen LogP contribution is -2.29. The maximum atomic E-state index is 12.9. The number of carbonyl (C=O) groups excluding carboxylic acids is 1. The fourth-order valence-corrected chi connectivity index (χ4v) is 4.11. The van der Waals surface area contributed by atoms with Crippen molar-refractivity contribution in [1.82, 2.24) is 5.32 Å². The predicted octanol–water partition coefficient (Wildman–Crippen LogP) is 4.42. The lowest BCUT2D eigenvalue weighted by atomic mass is 10.0. The van der Waals surface area contributed by atoms with Crippen LogP contribution < -0.4 is 10.0 Å². The van der Waals surface area contributed by atoms with Gasteiger partial charge in [-0.3, -0.25) is 9.52 Å². The van der Waals surface area contributed by atoms with E-state index in [1.165, 1.54) is 0 Å². The number of sulfonamides is 1. The van der Waals surface area contributed by atoms with Crippen LogP contribution in [0.5, 0.6) is 0 Å². The van der Waals surface area contributed by atoms with Gasteiger partial charge < -0.3 is 5.32 Å². The van der Waals surface area contributed by atoms with Gasteiger partial charge in [0.1, 0.15) is 0 Å². The summed E-state index contributed by atoms with van der Waals surface area (Å²) in [6.45, 7) is 5.82. The van der Waals surface area contributed by atoms with E-state index in [2.05, 4.69) is 10.0 Å². The lowest BCUT2D eigenvalue weighted by molar-refractivity contribution is 0.0936. The van der Waals surface area contributed by atoms with Gasteiger partial charge in [0.05, 0.1) is 23.0 Å². The number of rotatable bonds is 9. The summed E-state index contributed by atoms with van der Waals surface area (Å²) >= 11 is 0. The molecule has 0 spiro atoms. The van der Waals surface area contributed by atoms with Gasteiger partial charge in [0.2, 0.25) is 10.0 Å². The largest absolute Gasteiger partial charge is 0.345 e. The highest BCUT2D eigenvalue weighted by atomic mass is 32.2. The minimum atomic E-state index is -3.48. The standard InChI is InChI=1S/C21H28N2O3S/c1-4-6-14-27(25,26)23-20-13-12-16(3)15-18(20)21(24)22-19(5-2)17-10-8-7-9-11-17/h7-13,15,19,23H,4-6,14H2,1-3H3,(H,22,24)/t19-/m1/s1. The molecule has 2 rings (SSSR count). The Hall–Kier alpha value is -2.34. The van der Waals surface area contributed by atoms with E-state index in [-0.39, 0.29) is 17.7 Å². The normalized spacial score (nSPS) is 12.4. The molecule has 5 nitrogen and oxygen atoms in total. The predicted molar refractivity (Wildman–Crippen MR) is 110 cm³/mol. The van der Waals surface area contributed by atoms with Crippen molar-refractivity contribution in [2.75, 3.05) is 10.5 Å². The minimum absolute atomic E-state index is 0.0417. The number of anilines is 1. The Balaban J connectivity index is 2.26. The van der Waals surface area contributed by atoms with Crippen molar-refractivity contribution in [1.29, 1.82) is 0 Å². The van der Waals surface area contributed by atoms with Gasteiger partial charge in [0.25, 0.3) is 5.91 Å². The molecule has 0 saturated carbocycles. The molecule has 146 valence electrons. The highest BCUT2D eigenvalue weighted by molar-refractivity contribution is 7.92. The molecule has 0 aliphatic heterocycles. The fourth-order valence-electron chi connectivity index (χ4n) is 2.83. The summed E-state index contributed by atoms with van der Waals surface area (Å²) in [6, 6.07) is 14.8. The molecule has 1 atom stereocenters. The summed E-state index contributed by atoms with van der Waals surface area (Å²) in [4.78, 5) is 12.9. The first-order valence-corrected chi connectivity index (χ1v) is 11.0. The maximum absolute atomic E-state index is 12.9. The van der Waals surface area contributed by atoms with Crippen molar-refractivity contribution in [2.24, 2.45) is 0 Å². The first kappa shape index (κ1) is 21.0. The van der Waals surface area contributed by atoms with Crippen LogP contribution in [-0.2, 0) is 10.0 Å². The number of hydrogen-bond donors (Lipinski definition) is 2. The molecular weight excluding hydrogens is 360 g/mol. The molecule has 0 radical (unpaired) electrons. The van der Waals surface area contributed by atoms with Gasteiger partial charge in [-0.15, -0.1) is 0 Å². The van der Waals surface area contributed by atoms with Crippen LogP contribution in [0.15, 0.2) is 48.5 Å². The van der Waals surface area contributed by atoms with Gasteiger partial charge in [0.15, 0.2) is 0 Å². The zero-order chi connectivity index (χ0) is 19.9. The van der Waals surface area contributed by atoms with Gasteiger partial charge in [-0.25, -0.2) is 8.42 Å². The molecule has 0 bridgehead atoms. The summed E-state index contributed by atoms with van der Waals surface area (Å²) in [7, 11) is -3.48. The van der Waals surface area contributed by atoms with E-state index >= 15 is 0 Å². The molecule has 0 saturated heterocycles. The third kappa shape index (κ3) is 6.10. The van der Waals surface area contributed by atoms with E-state index in [9.17, 15) is 13.2 Å². The topological polar surface area (TPSA) is 75.3 Å². The zero-order valence-electron chi connectivity index (χ0n) is 16.2. The summed E-state index contributed by atoms with van der Waals surface area (Å²) in [5.41, 5.74) is 2.57. The van der Waals surface area contributed by atoms with Crippen molar-refractivity contribution in [3.8, 4) is 0 Å². The molecule has 2 N–H and O–H groups in total. The van der Waals surface area contributed by atoms with Crippen LogP contribution in [0, 0.1) is 6.92 Å². The number of amides is 1. The van der Waals surface area contributed by atoms with Crippen LogP contribution in [0.4, 0.5) is 5.69 Å². The molecule has 6 heteroatoms. The molecule has 0 heterocycles. The molecule has 0 aliphatic carbocycles. The number of benzene rings is 2. The summed E-state index contributed by atoms with van der Waals surface area (Å²) in [6.07, 6.45) is 2.10. The highest BCUT2D eigenvalue weighted by Crippen LogP contribution is 2.22. The Morgan fingerprint density at radius 2 is 1.78 bits per heavy atom. The van der Waals surface area contributed by atoms with Gasteiger partial charge in [-0.1, -0.05) is 62.2 Å². The fraction of sp³-hybridized carbons (Fsp3) is 0.381. The van der Waals surface area contributed by atoms with Crippen molar-refractivity contribution in [3.63, 3.8) is 0 Å². The van der Waals surface area contributed by atoms with Crippen LogP contribution in [0.3, 0.4) is 0 Å². The second kappa shape index (κ2) is 9.55. The van der Waals surface area contributed by atoms with Crippen molar-refractivity contribution >= 4 is 21.6 Å². The third-order valence-electron chi connectivity index (χ3n) is 4.37. The monoisotopic (exact) mass is 388 g/mol. The van der Waals surface area contributed by atoms with Crippen LogP contribution in [0.1, 0.15) is 60.6 Å². The number of carbonyl (C=O) groups is 1. The van der Waals surface area contributed by atoms with Gasteiger partial charge in [-0.2, -0.15) is 0 Å². The Morgan fingerprint density at radius 1 is 1.07 bits per heavy atom. The van der Waals surface area contributed by atoms with Crippen LogP contribution in [0.2, 0.25) is 0 Å². The van der Waals surface area contributed by atoms with Crippen molar-refractivity contribution in [3.05, 3.63) is 65.2 Å². The Morgan fingerprint density at radius 3 is 2.41 bits per heavy atom. The quantitative estimate of drug-likeness (QED) is 0.668. The average Bonchev–Trinajstić information content (AvgIpc) is 2.66. The SMILES string of the molecule is CCCCS(=O)(=O)Nc1ccc(C)cc1C(=O)N[C@H](CC)c1ccccc1. The second-order valence-electron chi connectivity index (χ2n) is 6.67. The molecule has 0 aliphatic rings. The second-order valence-corrected chi connectivity index (χ2v) is 8.51. The van der Waals surface area contributed by atoms with Crippen molar-refractivity contribution < 1.29 is 13.2 Å². The van der Waals surface area contributed by atoms with E-state index in [1.54, 1.807) is 18.2 Å². The number of unbranched alkanes of at least 4 members (excludes halogenated alkanes) is 1. The number of nitrogens with one attached hydrogen (secondary N) is 2. The van der Waals surface area contributed by atoms with Gasteiger partial charge >= 0.3 is 0 Å². The smallest absolute Gasteiger partial charge is 0.253 e. The minimum Gasteiger partial charge on any atom is -0.345 e. The van der Waals surface area contributed by atoms with Gasteiger partial charge in [0, 0.05) is 0 Å². The first-order chi connectivity index (χ1) is 12.9. The molecule has 2 aromatic rings. The van der Waals surface area contributed by atoms with Crippen LogP contribution >= 0.6 is 0 Å². The Bertz CT molecular complexity index is 864. The average molecular weight is 389 g/mol. The highest BCUT2D eigenvalue weighted by Gasteiger charge is 2.19. The van der Waals surface area contributed by atoms with Crippen molar-refractivity contribution in [2.45, 2.75) is 46.1 Å². The number of aryl methyl sites for hydroxylation is 1. The summed E-state index contributed by atoms with van der Waals surface area (Å²) in [5.74, 6) is -0.248. The van der Waals surface area contributed by atoms with E-state index in [0.717, 1.165) is 24.0 Å². The van der Waals surface area contributed by atoms with Crippen LogP contribution in [-0.4, -0.2) is 20.1 Å². The van der Waals surface area contributed by atoms with E-state index < -0.39 is 10.0 Å². The van der Waals surface area contributed by atoms with E-state index in [0.29, 0.717) is 17.7 Å². The van der Waals surface area contributed by atoms with E-state index in [4.69, 9.17) is 0 Å². The van der Waals surface area contributed by atoms with Crippen LogP contribution in [0.25, 0.3) is 0 Å². The summed E-state index contributed by atoms with van der Waals surface area (Å²) in [5, 5.41) is 3.02. The third-order valence-corrected chi connectivity index (χ3v) is 5.72. The maximum Gasteiger partial charge on any atom is 0.253 e. The Labute approximate surface area is 162 Å². The molecule has 0 fully saturated rings. The first-order valence-electron chi connectivity index (χ1n) is 9.33. The lowest BCUT2D eigenvalue weighted by Gasteiger charge is -2.19. The Kier molecular flexibility index (Phi) is 7.42. The summed E-state index contributed by atoms with van der Waals surface area (Å²) < 4.78 is 27.1. The zero-order valence-corrected chi connectivity index (χ0v) is 17.0. The van der Waals surface area contributed by atoms with E-state index in [1.807, 2.05) is 51.1 Å². The molecule has 27 heavy (non-hydrogen) atoms. The molecule has 0 aromatic heterocycles. The molecule has 1 amide bonds. The molecule has 0 unspecified atom stereocenters. The number of hydrogen-bond acceptors (Lipinski definition) is 3.